The lowest BCUT2D eigenvalue weighted by molar-refractivity contribution is -0.285. The van der Waals surface area contributed by atoms with Crippen LogP contribution >= 0.6 is 0 Å². The number of carbonyl (C=O) groups is 2. The van der Waals surface area contributed by atoms with Crippen molar-refractivity contribution in [1.82, 2.24) is 0 Å². The minimum absolute atomic E-state index is 0.112. The molecule has 3 aliphatic carbocycles. The van der Waals surface area contributed by atoms with Gasteiger partial charge in [0.25, 0.3) is 0 Å². The number of benzene rings is 1. The number of aryl methyl sites for hydroxylation is 1. The van der Waals surface area contributed by atoms with Crippen molar-refractivity contribution in [3.63, 3.8) is 0 Å². The molecule has 0 unspecified atom stereocenters. The molecule has 1 N–H and O–H groups in total. The predicted molar refractivity (Wildman–Crippen MR) is 129 cm³/mol. The molecule has 3 fully saturated rings. The third-order valence-electron chi connectivity index (χ3n) is 10.1. The van der Waals surface area contributed by atoms with Gasteiger partial charge in [-0.25, -0.2) is 4.79 Å². The van der Waals surface area contributed by atoms with Crippen LogP contribution in [0.5, 0.6) is 0 Å². The second-order valence-electron chi connectivity index (χ2n) is 11.9. The summed E-state index contributed by atoms with van der Waals surface area (Å²) in [6, 6.07) is 9.99. The van der Waals surface area contributed by atoms with Gasteiger partial charge in [-0.3, -0.25) is 4.79 Å². The van der Waals surface area contributed by atoms with Crippen molar-refractivity contribution in [3.8, 4) is 0 Å². The van der Waals surface area contributed by atoms with Crippen LogP contribution in [0.2, 0.25) is 0 Å². The first-order valence-corrected chi connectivity index (χ1v) is 12.9. The lowest BCUT2D eigenvalue weighted by Gasteiger charge is -2.68. The fourth-order valence-electron chi connectivity index (χ4n) is 8.03. The van der Waals surface area contributed by atoms with Crippen molar-refractivity contribution >= 4 is 11.9 Å². The first kappa shape index (κ1) is 23.6. The van der Waals surface area contributed by atoms with Gasteiger partial charge in [0.15, 0.2) is 0 Å². The Labute approximate surface area is 202 Å². The molecule has 0 radical (unpaired) electrons. The van der Waals surface area contributed by atoms with Crippen molar-refractivity contribution in [3.05, 3.63) is 47.5 Å². The molecule has 0 bridgehead atoms. The summed E-state index contributed by atoms with van der Waals surface area (Å²) in [6.45, 7) is 8.66. The summed E-state index contributed by atoms with van der Waals surface area (Å²) in [5.74, 6) is 0.216. The Hall–Kier alpha value is -2.14. The van der Waals surface area contributed by atoms with Gasteiger partial charge < -0.3 is 14.6 Å². The van der Waals surface area contributed by atoms with Crippen molar-refractivity contribution in [1.29, 1.82) is 0 Å². The molecule has 1 aromatic carbocycles. The lowest BCUT2D eigenvalue weighted by atomic mass is 9.40. The van der Waals surface area contributed by atoms with Crippen LogP contribution in [-0.4, -0.2) is 34.9 Å². The molecule has 7 atom stereocenters. The largest absolute Gasteiger partial charge is 0.462 e. The van der Waals surface area contributed by atoms with Gasteiger partial charge in [0, 0.05) is 17.9 Å². The van der Waals surface area contributed by atoms with Gasteiger partial charge >= 0.3 is 11.9 Å². The van der Waals surface area contributed by atoms with Crippen LogP contribution in [0, 0.1) is 28.6 Å². The van der Waals surface area contributed by atoms with E-state index < -0.39 is 11.0 Å². The third kappa shape index (κ3) is 3.45. The highest BCUT2D eigenvalue weighted by atomic mass is 16.6. The number of aliphatic hydroxyl groups is 1. The van der Waals surface area contributed by atoms with Crippen LogP contribution in [0.15, 0.2) is 42.0 Å². The minimum Gasteiger partial charge on any atom is -0.462 e. The minimum atomic E-state index is -0.951. The van der Waals surface area contributed by atoms with E-state index in [4.69, 9.17) is 9.47 Å². The summed E-state index contributed by atoms with van der Waals surface area (Å²) in [5, 5.41) is 12.4. The highest BCUT2D eigenvalue weighted by Crippen LogP contribution is 2.67. The third-order valence-corrected chi connectivity index (χ3v) is 10.1. The molecular formula is C29H38O5. The highest BCUT2D eigenvalue weighted by molar-refractivity contribution is 5.86. The Morgan fingerprint density at radius 1 is 1.15 bits per heavy atom. The molecular weight excluding hydrogens is 428 g/mol. The normalized spacial score (nSPS) is 40.3. The maximum absolute atomic E-state index is 13.0. The van der Waals surface area contributed by atoms with E-state index in [2.05, 4.69) is 27.7 Å². The first-order chi connectivity index (χ1) is 16.1. The number of ether oxygens (including phenoxy) is 2. The van der Waals surface area contributed by atoms with Crippen LogP contribution in [0.4, 0.5) is 0 Å². The standard InChI is InChI=1S/C29H38O5/c1-18-20-12-15-29(32)27(2,3)14-13-24(34-25(30)11-10-19-8-6-5-7-9-19)28(29,4)22(20)17-23-21(18)16-26(31)33-23/h5-9,16,18,20,22-24,32H,10-15,17H2,1-4H3/t18-,20+,22+,23-,24+,28+,29-/m1/s1. The molecule has 184 valence electrons. The second kappa shape index (κ2) is 8.22. The predicted octanol–water partition coefficient (Wildman–Crippen LogP) is 5.01. The Balaban J connectivity index is 1.43. The maximum Gasteiger partial charge on any atom is 0.331 e. The molecule has 1 heterocycles. The van der Waals surface area contributed by atoms with Crippen LogP contribution in [0.1, 0.15) is 71.8 Å². The molecule has 5 rings (SSSR count). The first-order valence-electron chi connectivity index (χ1n) is 12.9. The van der Waals surface area contributed by atoms with Crippen molar-refractivity contribution in [2.45, 2.75) is 90.4 Å². The Bertz CT molecular complexity index is 997. The fraction of sp³-hybridized carbons (Fsp3) is 0.655. The van der Waals surface area contributed by atoms with E-state index in [0.29, 0.717) is 31.6 Å². The molecule has 0 saturated heterocycles. The van der Waals surface area contributed by atoms with E-state index >= 15 is 0 Å². The Morgan fingerprint density at radius 2 is 1.88 bits per heavy atom. The molecule has 5 nitrogen and oxygen atoms in total. The maximum atomic E-state index is 13.0. The number of hydrogen-bond acceptors (Lipinski definition) is 5. The molecule has 34 heavy (non-hydrogen) atoms. The molecule has 0 amide bonds. The molecule has 1 aromatic rings. The SMILES string of the molecule is C[C@H]1C2=CC(=O)O[C@@H]2C[C@H]2[C@H]1CC[C@@]1(O)C(C)(C)CC[C@H](OC(=O)CCc3ccccc3)[C@]21C. The van der Waals surface area contributed by atoms with Crippen LogP contribution < -0.4 is 0 Å². The zero-order valence-electron chi connectivity index (χ0n) is 20.9. The molecule has 3 saturated carbocycles. The second-order valence-corrected chi connectivity index (χ2v) is 11.9. The summed E-state index contributed by atoms with van der Waals surface area (Å²) in [7, 11) is 0. The topological polar surface area (TPSA) is 72.8 Å². The number of rotatable bonds is 4. The van der Waals surface area contributed by atoms with E-state index in [1.807, 2.05) is 30.3 Å². The quantitative estimate of drug-likeness (QED) is 0.632. The number of fused-ring (bicyclic) bond motifs is 4. The van der Waals surface area contributed by atoms with Crippen LogP contribution in [0.3, 0.4) is 0 Å². The summed E-state index contributed by atoms with van der Waals surface area (Å²) < 4.78 is 11.9. The molecule has 1 aliphatic heterocycles. The summed E-state index contributed by atoms with van der Waals surface area (Å²) in [6.07, 6.45) is 5.93. The molecule has 5 heteroatoms. The zero-order valence-corrected chi connectivity index (χ0v) is 20.9. The molecule has 0 spiro atoms. The van der Waals surface area contributed by atoms with E-state index in [1.165, 1.54) is 0 Å². The van der Waals surface area contributed by atoms with Gasteiger partial charge in [0.2, 0.25) is 0 Å². The zero-order chi connectivity index (χ0) is 24.3. The van der Waals surface area contributed by atoms with Gasteiger partial charge in [0.05, 0.1) is 5.60 Å². The van der Waals surface area contributed by atoms with Gasteiger partial charge in [-0.15, -0.1) is 0 Å². The van der Waals surface area contributed by atoms with E-state index in [0.717, 1.165) is 30.4 Å². The van der Waals surface area contributed by atoms with Crippen molar-refractivity contribution in [2.24, 2.45) is 28.6 Å². The fourth-order valence-corrected chi connectivity index (χ4v) is 8.03. The van der Waals surface area contributed by atoms with Crippen molar-refractivity contribution < 1.29 is 24.2 Å². The Morgan fingerprint density at radius 3 is 2.62 bits per heavy atom. The number of esters is 2. The van der Waals surface area contributed by atoms with Crippen LogP contribution in [0.25, 0.3) is 0 Å². The van der Waals surface area contributed by atoms with Gasteiger partial charge in [-0.05, 0) is 72.8 Å². The highest BCUT2D eigenvalue weighted by Gasteiger charge is 2.70. The molecule has 0 aromatic heterocycles. The average molecular weight is 467 g/mol. The number of carbonyl (C=O) groups excluding carboxylic acids is 2. The van der Waals surface area contributed by atoms with E-state index in [9.17, 15) is 14.7 Å². The monoisotopic (exact) mass is 466 g/mol. The Kier molecular flexibility index (Phi) is 5.70. The average Bonchev–Trinajstić information content (AvgIpc) is 3.18. The molecule has 4 aliphatic rings. The van der Waals surface area contributed by atoms with Gasteiger partial charge in [-0.2, -0.15) is 0 Å². The van der Waals surface area contributed by atoms with Crippen LogP contribution in [-0.2, 0) is 25.5 Å². The van der Waals surface area contributed by atoms with Gasteiger partial charge in [-0.1, -0.05) is 58.0 Å². The van der Waals surface area contributed by atoms with Gasteiger partial charge in [0.1, 0.15) is 12.2 Å². The van der Waals surface area contributed by atoms with Crippen molar-refractivity contribution in [2.75, 3.05) is 0 Å². The summed E-state index contributed by atoms with van der Waals surface area (Å²) >= 11 is 0. The smallest absolute Gasteiger partial charge is 0.331 e. The number of hydrogen-bond donors (Lipinski definition) is 1. The summed E-state index contributed by atoms with van der Waals surface area (Å²) in [4.78, 5) is 25.1. The lowest BCUT2D eigenvalue weighted by Crippen LogP contribution is -2.71. The summed E-state index contributed by atoms with van der Waals surface area (Å²) in [5.41, 5.74) is 0.382. The van der Waals surface area contributed by atoms with E-state index in [-0.39, 0.29) is 41.4 Å². The van der Waals surface area contributed by atoms with E-state index in [1.54, 1.807) is 6.08 Å².